The number of benzene rings is 1. The molecule has 0 saturated carbocycles. The van der Waals surface area contributed by atoms with E-state index in [0.717, 1.165) is 12.8 Å². The van der Waals surface area contributed by atoms with Crippen LogP contribution in [0.3, 0.4) is 0 Å². The molecule has 0 saturated heterocycles. The van der Waals surface area contributed by atoms with Gasteiger partial charge in [0.2, 0.25) is 0 Å². The Bertz CT molecular complexity index is 200. The van der Waals surface area contributed by atoms with E-state index in [1.807, 2.05) is 0 Å². The standard InChI is InChI=1S/C10H10/c1-2-6-10-8-4-3-7-9(10)5-1/h1-3,5-6,8H,4,7H2. The molecule has 0 amide bonds. The summed E-state index contributed by atoms with van der Waals surface area (Å²) in [4.78, 5) is 0. The first kappa shape index (κ1) is 5.96. The fraction of sp³-hybridized carbons (Fsp3) is 0.200. The van der Waals surface area contributed by atoms with Crippen LogP contribution < -0.4 is 0 Å². The second kappa shape index (κ2) is 2.45. The molecule has 0 heteroatoms. The van der Waals surface area contributed by atoms with Gasteiger partial charge in [0.1, 0.15) is 0 Å². The second-order valence-electron chi connectivity index (χ2n) is 2.63. The number of hydrogen-bond donors (Lipinski definition) is 0. The largest absolute Gasteiger partial charge is 0.0620 e. The van der Waals surface area contributed by atoms with Crippen LogP contribution in [0.2, 0.25) is 0 Å². The highest BCUT2D eigenvalue weighted by molar-refractivity contribution is 5.36. The summed E-state index contributed by atoms with van der Waals surface area (Å²) in [5.74, 6) is 0. The van der Waals surface area contributed by atoms with Gasteiger partial charge in [-0.2, -0.15) is 0 Å². The Balaban J connectivity index is 2.41. The Morgan fingerprint density at radius 3 is 2.90 bits per heavy atom. The molecule has 0 aliphatic heterocycles. The van der Waals surface area contributed by atoms with Crippen molar-refractivity contribution in [3.05, 3.63) is 48.2 Å². The molecule has 0 fully saturated rings. The average Bonchev–Trinajstić information content (AvgIpc) is 2.05. The summed E-state index contributed by atoms with van der Waals surface area (Å²) in [5, 5.41) is 0. The van der Waals surface area contributed by atoms with Crippen LogP contribution in [-0.4, -0.2) is 0 Å². The molecule has 0 heterocycles. The van der Waals surface area contributed by atoms with Gasteiger partial charge in [-0.1, -0.05) is 24.3 Å². The molecule has 0 atom stereocenters. The zero-order valence-electron chi connectivity index (χ0n) is 5.88. The van der Waals surface area contributed by atoms with E-state index in [1.165, 1.54) is 11.1 Å². The summed E-state index contributed by atoms with van der Waals surface area (Å²) >= 11 is 0. The summed E-state index contributed by atoms with van der Waals surface area (Å²) in [7, 11) is 0. The average molecular weight is 130 g/mol. The lowest BCUT2D eigenvalue weighted by atomic mass is 9.92. The fourth-order valence-electron chi connectivity index (χ4n) is 1.37. The van der Waals surface area contributed by atoms with Crippen LogP contribution in [-0.2, 0) is 6.42 Å². The van der Waals surface area contributed by atoms with Gasteiger partial charge >= 0.3 is 0 Å². The monoisotopic (exact) mass is 130 g/mol. The Morgan fingerprint density at radius 2 is 2.00 bits per heavy atom. The summed E-state index contributed by atoms with van der Waals surface area (Å²) in [6.07, 6.45) is 6.87. The van der Waals surface area contributed by atoms with Crippen molar-refractivity contribution in [3.63, 3.8) is 0 Å². The van der Waals surface area contributed by atoms with E-state index in [-0.39, 0.29) is 0 Å². The third-order valence-corrected chi connectivity index (χ3v) is 1.92. The van der Waals surface area contributed by atoms with Crippen LogP contribution in [0.4, 0.5) is 0 Å². The van der Waals surface area contributed by atoms with E-state index < -0.39 is 0 Å². The van der Waals surface area contributed by atoms with Crippen LogP contribution >= 0.6 is 0 Å². The molecular weight excluding hydrogens is 120 g/mol. The van der Waals surface area contributed by atoms with E-state index in [0.29, 0.717) is 0 Å². The van der Waals surface area contributed by atoms with Gasteiger partial charge in [0.25, 0.3) is 0 Å². The van der Waals surface area contributed by atoms with Crippen LogP contribution in [0, 0.1) is 12.8 Å². The molecule has 0 N–H and O–H groups in total. The highest BCUT2D eigenvalue weighted by Gasteiger charge is 2.06. The summed E-state index contributed by atoms with van der Waals surface area (Å²) in [6.45, 7) is 0. The third-order valence-electron chi connectivity index (χ3n) is 1.92. The minimum atomic E-state index is 1.14. The van der Waals surface area contributed by atoms with E-state index in [2.05, 4.69) is 37.1 Å². The molecule has 0 aromatic heterocycles. The van der Waals surface area contributed by atoms with Gasteiger partial charge < -0.3 is 0 Å². The summed E-state index contributed by atoms with van der Waals surface area (Å²) < 4.78 is 0. The predicted octanol–water partition coefficient (Wildman–Crippen LogP) is 2.39. The lowest BCUT2D eigenvalue weighted by Crippen LogP contribution is -1.99. The van der Waals surface area contributed by atoms with Crippen molar-refractivity contribution >= 4 is 0 Å². The van der Waals surface area contributed by atoms with Gasteiger partial charge in [0.15, 0.2) is 0 Å². The Kier molecular flexibility index (Phi) is 1.46. The number of fused-ring (bicyclic) bond motifs is 1. The fourth-order valence-corrected chi connectivity index (χ4v) is 1.37. The molecule has 2 radical (unpaired) electrons. The normalized spacial score (nSPS) is 16.4. The SMILES string of the molecule is [CH]1C[CH]c2ccccc2C1. The number of rotatable bonds is 0. The molecule has 10 heavy (non-hydrogen) atoms. The molecule has 1 aliphatic rings. The minimum Gasteiger partial charge on any atom is -0.0620 e. The molecule has 0 spiro atoms. The Hall–Kier alpha value is -0.780. The Morgan fingerprint density at radius 1 is 1.10 bits per heavy atom. The van der Waals surface area contributed by atoms with Gasteiger partial charge in [0, 0.05) is 0 Å². The van der Waals surface area contributed by atoms with Crippen LogP contribution in [0.25, 0.3) is 0 Å². The maximum absolute atomic E-state index is 2.31. The van der Waals surface area contributed by atoms with Gasteiger partial charge in [-0.3, -0.25) is 0 Å². The van der Waals surface area contributed by atoms with E-state index >= 15 is 0 Å². The Labute approximate surface area is 61.9 Å². The molecule has 1 aromatic carbocycles. The number of hydrogen-bond acceptors (Lipinski definition) is 0. The maximum atomic E-state index is 2.31. The van der Waals surface area contributed by atoms with E-state index in [4.69, 9.17) is 0 Å². The lowest BCUT2D eigenvalue weighted by molar-refractivity contribution is 0.957. The second-order valence-corrected chi connectivity index (χ2v) is 2.63. The van der Waals surface area contributed by atoms with Crippen molar-refractivity contribution in [2.75, 3.05) is 0 Å². The highest BCUT2D eigenvalue weighted by Crippen LogP contribution is 2.20. The van der Waals surface area contributed by atoms with Crippen molar-refractivity contribution in [2.24, 2.45) is 0 Å². The highest BCUT2D eigenvalue weighted by atomic mass is 14.1. The molecule has 1 aromatic rings. The molecule has 0 bridgehead atoms. The molecule has 50 valence electrons. The smallest absolute Gasteiger partial charge is 0.00873 e. The van der Waals surface area contributed by atoms with E-state index in [9.17, 15) is 0 Å². The van der Waals surface area contributed by atoms with Gasteiger partial charge in [0.05, 0.1) is 0 Å². The molecule has 0 nitrogen and oxygen atoms in total. The predicted molar refractivity (Wildman–Crippen MR) is 42.5 cm³/mol. The molecule has 1 aliphatic carbocycles. The molecule has 0 unspecified atom stereocenters. The molecular formula is C10H10. The van der Waals surface area contributed by atoms with Crippen LogP contribution in [0.15, 0.2) is 24.3 Å². The zero-order chi connectivity index (χ0) is 6.81. The van der Waals surface area contributed by atoms with Gasteiger partial charge in [-0.05, 0) is 36.8 Å². The third kappa shape index (κ3) is 0.942. The molecule has 2 rings (SSSR count). The van der Waals surface area contributed by atoms with Gasteiger partial charge in [-0.15, -0.1) is 0 Å². The first-order valence-corrected chi connectivity index (χ1v) is 3.69. The maximum Gasteiger partial charge on any atom is -0.00873 e. The first-order chi connectivity index (χ1) is 4.97. The van der Waals surface area contributed by atoms with Crippen molar-refractivity contribution in [2.45, 2.75) is 12.8 Å². The van der Waals surface area contributed by atoms with Crippen molar-refractivity contribution in [3.8, 4) is 0 Å². The lowest BCUT2D eigenvalue weighted by Gasteiger charge is -2.13. The zero-order valence-corrected chi connectivity index (χ0v) is 5.88. The van der Waals surface area contributed by atoms with Crippen molar-refractivity contribution in [1.82, 2.24) is 0 Å². The van der Waals surface area contributed by atoms with Gasteiger partial charge in [-0.25, -0.2) is 0 Å². The summed E-state index contributed by atoms with van der Waals surface area (Å²) in [6, 6.07) is 8.58. The van der Waals surface area contributed by atoms with Crippen molar-refractivity contribution in [1.29, 1.82) is 0 Å². The minimum absolute atomic E-state index is 1.14. The van der Waals surface area contributed by atoms with Crippen molar-refractivity contribution < 1.29 is 0 Å². The quantitative estimate of drug-likeness (QED) is 0.506. The van der Waals surface area contributed by atoms with Crippen LogP contribution in [0.1, 0.15) is 17.5 Å². The van der Waals surface area contributed by atoms with E-state index in [1.54, 1.807) is 0 Å². The summed E-state index contributed by atoms with van der Waals surface area (Å²) in [5.41, 5.74) is 2.89. The topological polar surface area (TPSA) is 0 Å². The van der Waals surface area contributed by atoms with Crippen LogP contribution in [0.5, 0.6) is 0 Å². The first-order valence-electron chi connectivity index (χ1n) is 3.69.